The van der Waals surface area contributed by atoms with Gasteiger partial charge in [-0.1, -0.05) is 19.8 Å². The minimum atomic E-state index is -1.79. The Bertz CT molecular complexity index is 362. The summed E-state index contributed by atoms with van der Waals surface area (Å²) in [7, 11) is 0. The Morgan fingerprint density at radius 2 is 1.33 bits per heavy atom. The van der Waals surface area contributed by atoms with E-state index >= 15 is 0 Å². The van der Waals surface area contributed by atoms with Gasteiger partial charge in [0.25, 0.3) is 0 Å². The van der Waals surface area contributed by atoms with Crippen molar-refractivity contribution in [2.24, 2.45) is 0 Å². The van der Waals surface area contributed by atoms with Crippen molar-refractivity contribution in [1.29, 1.82) is 0 Å². The molecule has 0 unspecified atom stereocenters. The van der Waals surface area contributed by atoms with E-state index in [1.165, 1.54) is 70.6 Å². The van der Waals surface area contributed by atoms with E-state index in [0.29, 0.717) is 0 Å². The van der Waals surface area contributed by atoms with Gasteiger partial charge in [0, 0.05) is 0 Å². The summed E-state index contributed by atoms with van der Waals surface area (Å²) in [5.41, 5.74) is 1.61. The predicted octanol–water partition coefficient (Wildman–Crippen LogP) is 6.76. The molecule has 0 radical (unpaired) electrons. The molecule has 0 bridgehead atoms. The molecule has 0 atom stereocenters. The van der Waals surface area contributed by atoms with Gasteiger partial charge in [-0.05, 0) is 0 Å². The first-order valence-electron chi connectivity index (χ1n) is 9.12. The van der Waals surface area contributed by atoms with E-state index in [9.17, 15) is 0 Å². The molecule has 1 aromatic heterocycles. The molecule has 0 nitrogen and oxygen atoms in total. The molecule has 21 heavy (non-hydrogen) atoms. The van der Waals surface area contributed by atoms with Gasteiger partial charge >= 0.3 is 122 Å². The Morgan fingerprint density at radius 3 is 1.81 bits per heavy atom. The fourth-order valence-electron chi connectivity index (χ4n) is 2.72. The van der Waals surface area contributed by atoms with Crippen LogP contribution in [0.5, 0.6) is 0 Å². The van der Waals surface area contributed by atoms with Gasteiger partial charge in [-0.15, -0.1) is 0 Å². The fraction of sp³-hybridized carbons (Fsp3) is 0.789. The van der Waals surface area contributed by atoms with Crippen LogP contribution in [0.15, 0.2) is 11.4 Å². The molecule has 122 valence electrons. The molecule has 0 aliphatic carbocycles. The SMILES string of the molecule is CCCCCCCCCCCCc1cs[c]([Sn]([CH3])([CH3])[CH3])c1. The first-order chi connectivity index (χ1) is 10.0. The number of hydrogen-bond acceptors (Lipinski definition) is 1. The summed E-state index contributed by atoms with van der Waals surface area (Å²) >= 11 is 0.245. The molecule has 1 heterocycles. The summed E-state index contributed by atoms with van der Waals surface area (Å²) in [5, 5.41) is 2.42. The molecule has 0 fully saturated rings. The maximum atomic E-state index is 2.52. The molecular formula is C19H36SSn. The Kier molecular flexibility index (Phi) is 10.3. The zero-order valence-electron chi connectivity index (χ0n) is 14.8. The average molecular weight is 415 g/mol. The predicted molar refractivity (Wildman–Crippen MR) is 103 cm³/mol. The number of rotatable bonds is 12. The van der Waals surface area contributed by atoms with E-state index in [1.54, 1.807) is 8.46 Å². The monoisotopic (exact) mass is 416 g/mol. The molecule has 0 aromatic carbocycles. The van der Waals surface area contributed by atoms with Crippen LogP contribution in [0.1, 0.15) is 76.7 Å². The molecule has 0 saturated carbocycles. The molecule has 2 heteroatoms. The summed E-state index contributed by atoms with van der Waals surface area (Å²) in [6.07, 6.45) is 15.7. The topological polar surface area (TPSA) is 0 Å². The van der Waals surface area contributed by atoms with Gasteiger partial charge in [-0.25, -0.2) is 0 Å². The van der Waals surface area contributed by atoms with E-state index in [-0.39, 0.29) is 0 Å². The van der Waals surface area contributed by atoms with Crippen LogP contribution >= 0.6 is 11.3 Å². The standard InChI is InChI=1S/C16H27S.3CH3.Sn/c1-2-3-4-5-6-7-8-9-10-11-12-16-13-14-17-15-16;;;;/h13,15H,2-12H2,1H3;3*1H3;. The third kappa shape index (κ3) is 9.28. The molecule has 0 aliphatic heterocycles. The van der Waals surface area contributed by atoms with E-state index in [4.69, 9.17) is 0 Å². The minimum absolute atomic E-state index is 1.31. The van der Waals surface area contributed by atoms with Crippen molar-refractivity contribution in [3.05, 3.63) is 17.0 Å². The first kappa shape index (κ1) is 19.5. The summed E-state index contributed by atoms with van der Waals surface area (Å²) in [6, 6.07) is 2.52. The average Bonchev–Trinajstić information content (AvgIpc) is 2.90. The summed E-state index contributed by atoms with van der Waals surface area (Å²) in [5.74, 6) is 0. The van der Waals surface area contributed by atoms with Crippen LogP contribution in [0.4, 0.5) is 0 Å². The summed E-state index contributed by atoms with van der Waals surface area (Å²) < 4.78 is 1.74. The van der Waals surface area contributed by atoms with Gasteiger partial charge in [-0.2, -0.15) is 0 Å². The number of thiophene rings is 1. The van der Waals surface area contributed by atoms with Crippen LogP contribution in [0.3, 0.4) is 0 Å². The summed E-state index contributed by atoms with van der Waals surface area (Å²) in [4.78, 5) is 7.56. The van der Waals surface area contributed by atoms with Crippen LogP contribution in [0.25, 0.3) is 0 Å². The van der Waals surface area contributed by atoms with Gasteiger partial charge in [0.1, 0.15) is 0 Å². The Labute approximate surface area is 141 Å². The zero-order chi connectivity index (χ0) is 15.6. The molecule has 0 saturated heterocycles. The van der Waals surface area contributed by atoms with E-state index in [2.05, 4.69) is 33.2 Å². The molecule has 0 amide bonds. The zero-order valence-corrected chi connectivity index (χ0v) is 18.5. The molecule has 0 aliphatic rings. The van der Waals surface area contributed by atoms with Gasteiger partial charge in [0.05, 0.1) is 0 Å². The van der Waals surface area contributed by atoms with Crippen LogP contribution < -0.4 is 2.89 Å². The van der Waals surface area contributed by atoms with Crippen LogP contribution in [0.2, 0.25) is 14.8 Å². The summed E-state index contributed by atoms with van der Waals surface area (Å²) in [6.45, 7) is 2.29. The normalized spacial score (nSPS) is 12.0. The van der Waals surface area contributed by atoms with Crippen LogP contribution in [-0.2, 0) is 6.42 Å². The second-order valence-electron chi connectivity index (χ2n) is 7.50. The molecule has 0 N–H and O–H groups in total. The quantitative estimate of drug-likeness (QED) is 0.262. The van der Waals surface area contributed by atoms with Crippen LogP contribution in [0, 0.1) is 0 Å². The van der Waals surface area contributed by atoms with Crippen molar-refractivity contribution < 1.29 is 0 Å². The number of unbranched alkanes of at least 4 members (excludes halogenated alkanes) is 9. The second-order valence-corrected chi connectivity index (χ2v) is 23.8. The number of hydrogen-bond donors (Lipinski definition) is 0. The maximum absolute atomic E-state index is 2.52. The van der Waals surface area contributed by atoms with Crippen molar-refractivity contribution in [2.45, 2.75) is 92.4 Å². The molecular weight excluding hydrogens is 379 g/mol. The fourth-order valence-corrected chi connectivity index (χ4v) is 9.05. The number of aryl methyl sites for hydroxylation is 1. The second kappa shape index (κ2) is 11.1. The molecule has 1 aromatic rings. The van der Waals surface area contributed by atoms with Crippen molar-refractivity contribution in [2.75, 3.05) is 0 Å². The van der Waals surface area contributed by atoms with E-state index < -0.39 is 18.4 Å². The van der Waals surface area contributed by atoms with Gasteiger partial charge in [0.2, 0.25) is 0 Å². The van der Waals surface area contributed by atoms with E-state index in [1.807, 2.05) is 11.3 Å². The Morgan fingerprint density at radius 1 is 0.810 bits per heavy atom. The third-order valence-corrected chi connectivity index (χ3v) is 14.8. The molecule has 0 spiro atoms. The third-order valence-electron chi connectivity index (χ3n) is 4.21. The van der Waals surface area contributed by atoms with Gasteiger partial charge in [0.15, 0.2) is 0 Å². The first-order valence-corrected chi connectivity index (χ1v) is 20.0. The van der Waals surface area contributed by atoms with Crippen molar-refractivity contribution >= 4 is 32.6 Å². The van der Waals surface area contributed by atoms with Crippen molar-refractivity contribution in [3.8, 4) is 0 Å². The van der Waals surface area contributed by atoms with Crippen LogP contribution in [-0.4, -0.2) is 18.4 Å². The molecule has 1 rings (SSSR count). The Hall–Kier alpha value is 0.499. The van der Waals surface area contributed by atoms with Crippen molar-refractivity contribution in [3.63, 3.8) is 0 Å². The van der Waals surface area contributed by atoms with Gasteiger partial charge < -0.3 is 0 Å². The Balaban J connectivity index is 1.98. The van der Waals surface area contributed by atoms with Gasteiger partial charge in [-0.3, -0.25) is 0 Å². The van der Waals surface area contributed by atoms with Crippen molar-refractivity contribution in [1.82, 2.24) is 0 Å². The van der Waals surface area contributed by atoms with E-state index in [0.717, 1.165) is 0 Å².